The van der Waals surface area contributed by atoms with Crippen molar-refractivity contribution in [1.29, 1.82) is 0 Å². The van der Waals surface area contributed by atoms with Crippen LogP contribution in [0.5, 0.6) is 0 Å². The largest absolute Gasteiger partial charge is 0.343 e. The number of urea groups is 1. The second kappa shape index (κ2) is 9.75. The Morgan fingerprint density at radius 1 is 1.00 bits per heavy atom. The number of nitrogens with one attached hydrogen (secondary N) is 2. The summed E-state index contributed by atoms with van der Waals surface area (Å²) in [5.41, 5.74) is 6.03. The lowest BCUT2D eigenvalue weighted by molar-refractivity contribution is 0.0949. The summed E-state index contributed by atoms with van der Waals surface area (Å²) in [6, 6.07) is 16.8. The van der Waals surface area contributed by atoms with Crippen molar-refractivity contribution in [2.45, 2.75) is 45.1 Å². The molecule has 0 bridgehead atoms. The van der Waals surface area contributed by atoms with Crippen molar-refractivity contribution in [1.82, 2.24) is 15.7 Å². The highest BCUT2D eigenvalue weighted by molar-refractivity contribution is 7.14. The first-order valence-corrected chi connectivity index (χ1v) is 11.5. The molecule has 3 aromatic rings. The molecule has 1 aliphatic rings. The molecule has 0 unspecified atom stereocenters. The third-order valence-corrected chi connectivity index (χ3v) is 6.24. The fraction of sp³-hybridized carbons (Fsp3) is 0.292. The molecular weight excluding hydrogens is 408 g/mol. The SMILES string of the molecule is Cc1ccc(C(=O)NN(C(=O)NC2CCCCC2)c2nc(-c3ccccc3)cs2)cc1. The third kappa shape index (κ3) is 5.30. The molecule has 1 aliphatic carbocycles. The van der Waals surface area contributed by atoms with Gasteiger partial charge in [-0.05, 0) is 31.9 Å². The van der Waals surface area contributed by atoms with Crippen LogP contribution in [0.25, 0.3) is 11.3 Å². The van der Waals surface area contributed by atoms with Gasteiger partial charge in [0, 0.05) is 22.5 Å². The minimum Gasteiger partial charge on any atom is -0.333 e. The molecule has 6 nitrogen and oxygen atoms in total. The number of thiazole rings is 1. The Balaban J connectivity index is 1.57. The number of hydrogen-bond acceptors (Lipinski definition) is 4. The number of nitrogens with zero attached hydrogens (tertiary/aromatic N) is 2. The molecule has 4 rings (SSSR count). The van der Waals surface area contributed by atoms with E-state index in [4.69, 9.17) is 0 Å². The highest BCUT2D eigenvalue weighted by Crippen LogP contribution is 2.27. The van der Waals surface area contributed by atoms with Crippen LogP contribution >= 0.6 is 11.3 Å². The van der Waals surface area contributed by atoms with Crippen LogP contribution in [-0.2, 0) is 0 Å². The van der Waals surface area contributed by atoms with Gasteiger partial charge in [-0.2, -0.15) is 5.01 Å². The van der Waals surface area contributed by atoms with E-state index in [-0.39, 0.29) is 18.0 Å². The van der Waals surface area contributed by atoms with E-state index in [0.29, 0.717) is 10.7 Å². The number of anilines is 1. The first kappa shape index (κ1) is 21.1. The Kier molecular flexibility index (Phi) is 6.62. The second-order valence-corrected chi connectivity index (χ2v) is 8.64. The summed E-state index contributed by atoms with van der Waals surface area (Å²) in [6.07, 6.45) is 5.33. The van der Waals surface area contributed by atoms with Crippen LogP contribution in [-0.4, -0.2) is 23.0 Å². The number of aromatic nitrogens is 1. The third-order valence-electron chi connectivity index (χ3n) is 5.42. The minimum atomic E-state index is -0.360. The highest BCUT2D eigenvalue weighted by Gasteiger charge is 2.25. The van der Waals surface area contributed by atoms with E-state index in [9.17, 15) is 9.59 Å². The quantitative estimate of drug-likeness (QED) is 0.546. The van der Waals surface area contributed by atoms with Gasteiger partial charge in [-0.3, -0.25) is 10.2 Å². The molecule has 0 spiro atoms. The maximum absolute atomic E-state index is 13.1. The molecule has 0 aliphatic heterocycles. The van der Waals surface area contributed by atoms with Gasteiger partial charge >= 0.3 is 6.03 Å². The van der Waals surface area contributed by atoms with Crippen molar-refractivity contribution in [3.63, 3.8) is 0 Å². The van der Waals surface area contributed by atoms with Crippen molar-refractivity contribution < 1.29 is 9.59 Å². The van der Waals surface area contributed by atoms with E-state index in [2.05, 4.69) is 15.7 Å². The molecule has 1 heterocycles. The van der Waals surface area contributed by atoms with E-state index in [1.165, 1.54) is 22.8 Å². The van der Waals surface area contributed by atoms with Crippen LogP contribution in [0.3, 0.4) is 0 Å². The average Bonchev–Trinajstić information content (AvgIpc) is 3.29. The van der Waals surface area contributed by atoms with Gasteiger partial charge < -0.3 is 5.32 Å². The normalized spacial score (nSPS) is 14.1. The summed E-state index contributed by atoms with van der Waals surface area (Å²) >= 11 is 1.32. The molecule has 31 heavy (non-hydrogen) atoms. The van der Waals surface area contributed by atoms with Crippen molar-refractivity contribution in [3.05, 3.63) is 71.1 Å². The number of amides is 3. The molecule has 1 fully saturated rings. The molecular formula is C24H26N4O2S. The van der Waals surface area contributed by atoms with E-state index < -0.39 is 0 Å². The zero-order valence-electron chi connectivity index (χ0n) is 17.5. The summed E-state index contributed by atoms with van der Waals surface area (Å²) in [5, 5.41) is 6.63. The number of benzene rings is 2. The molecule has 2 N–H and O–H groups in total. The van der Waals surface area contributed by atoms with Gasteiger partial charge in [-0.15, -0.1) is 11.3 Å². The molecule has 1 saturated carbocycles. The topological polar surface area (TPSA) is 74.3 Å². The minimum absolute atomic E-state index is 0.119. The van der Waals surface area contributed by atoms with Crippen LogP contribution < -0.4 is 15.8 Å². The van der Waals surface area contributed by atoms with Gasteiger partial charge in [0.25, 0.3) is 5.91 Å². The van der Waals surface area contributed by atoms with Crippen molar-refractivity contribution in [3.8, 4) is 11.3 Å². The average molecular weight is 435 g/mol. The molecule has 2 aromatic carbocycles. The van der Waals surface area contributed by atoms with Crippen molar-refractivity contribution in [2.24, 2.45) is 0 Å². The molecule has 0 saturated heterocycles. The van der Waals surface area contributed by atoms with E-state index in [0.717, 1.165) is 42.5 Å². The van der Waals surface area contributed by atoms with E-state index in [1.807, 2.05) is 54.8 Å². The lowest BCUT2D eigenvalue weighted by Gasteiger charge is -2.27. The Morgan fingerprint density at radius 2 is 1.71 bits per heavy atom. The van der Waals surface area contributed by atoms with Crippen LogP contribution in [0.2, 0.25) is 0 Å². The van der Waals surface area contributed by atoms with Gasteiger partial charge in [-0.25, -0.2) is 9.78 Å². The number of hydrogen-bond donors (Lipinski definition) is 2. The number of carbonyl (C=O) groups is 2. The lowest BCUT2D eigenvalue weighted by Crippen LogP contribution is -2.53. The van der Waals surface area contributed by atoms with Crippen molar-refractivity contribution in [2.75, 3.05) is 5.01 Å². The maximum atomic E-state index is 13.1. The number of carbonyl (C=O) groups excluding carboxylic acids is 2. The summed E-state index contributed by atoms with van der Waals surface area (Å²) < 4.78 is 0. The summed E-state index contributed by atoms with van der Waals surface area (Å²) in [6.45, 7) is 1.96. The molecule has 1 aromatic heterocycles. The summed E-state index contributed by atoms with van der Waals surface area (Å²) in [4.78, 5) is 30.6. The summed E-state index contributed by atoms with van der Waals surface area (Å²) in [5.74, 6) is -0.352. The smallest absolute Gasteiger partial charge is 0.333 e. The Bertz CT molecular complexity index is 1030. The zero-order chi connectivity index (χ0) is 21.6. The first-order valence-electron chi connectivity index (χ1n) is 10.6. The monoisotopic (exact) mass is 434 g/mol. The van der Waals surface area contributed by atoms with E-state index >= 15 is 0 Å². The maximum Gasteiger partial charge on any atom is 0.343 e. The fourth-order valence-electron chi connectivity index (χ4n) is 3.65. The Labute approximate surface area is 186 Å². The molecule has 0 atom stereocenters. The van der Waals surface area contributed by atoms with Crippen LogP contribution in [0, 0.1) is 6.92 Å². The van der Waals surface area contributed by atoms with Gasteiger partial charge in [0.05, 0.1) is 5.69 Å². The molecule has 0 radical (unpaired) electrons. The molecule has 7 heteroatoms. The van der Waals surface area contributed by atoms with Gasteiger partial charge in [0.1, 0.15) is 0 Å². The van der Waals surface area contributed by atoms with E-state index in [1.54, 1.807) is 12.1 Å². The lowest BCUT2D eigenvalue weighted by atomic mass is 9.96. The highest BCUT2D eigenvalue weighted by atomic mass is 32.1. The Morgan fingerprint density at radius 3 is 2.42 bits per heavy atom. The standard InChI is InChI=1S/C24H26N4O2S/c1-17-12-14-19(15-13-17)22(29)27-28(23(30)25-20-10-6-3-7-11-20)24-26-21(16-31-24)18-8-4-2-5-9-18/h2,4-5,8-9,12-16,20H,3,6-7,10-11H2,1H3,(H,25,30)(H,27,29). The Hall–Kier alpha value is -3.19. The van der Waals surface area contributed by atoms with Gasteiger partial charge in [0.15, 0.2) is 0 Å². The summed E-state index contributed by atoms with van der Waals surface area (Å²) in [7, 11) is 0. The molecule has 160 valence electrons. The van der Waals surface area contributed by atoms with Crippen molar-refractivity contribution >= 4 is 28.4 Å². The number of rotatable bonds is 4. The van der Waals surface area contributed by atoms with Crippen LogP contribution in [0.1, 0.15) is 48.0 Å². The van der Waals surface area contributed by atoms with Crippen LogP contribution in [0.15, 0.2) is 60.0 Å². The second-order valence-electron chi connectivity index (χ2n) is 7.81. The number of hydrazine groups is 1. The predicted molar refractivity (Wildman–Crippen MR) is 124 cm³/mol. The first-order chi connectivity index (χ1) is 15.1. The van der Waals surface area contributed by atoms with Gasteiger partial charge in [-0.1, -0.05) is 67.3 Å². The fourth-order valence-corrected chi connectivity index (χ4v) is 4.44. The zero-order valence-corrected chi connectivity index (χ0v) is 18.3. The van der Waals surface area contributed by atoms with Gasteiger partial charge in [0.2, 0.25) is 5.13 Å². The number of aryl methyl sites for hydroxylation is 1. The predicted octanol–water partition coefficient (Wildman–Crippen LogP) is 5.31. The van der Waals surface area contributed by atoms with Crippen LogP contribution in [0.4, 0.5) is 9.93 Å². The molecule has 3 amide bonds.